The average molecular weight is 297 g/mol. The summed E-state index contributed by atoms with van der Waals surface area (Å²) in [7, 11) is 0. The third kappa shape index (κ3) is 3.95. The van der Waals surface area contributed by atoms with Crippen molar-refractivity contribution in [3.05, 3.63) is 35.4 Å². The lowest BCUT2D eigenvalue weighted by Gasteiger charge is -2.21. The summed E-state index contributed by atoms with van der Waals surface area (Å²) >= 11 is 5.75. The minimum absolute atomic E-state index is 0.0805. The molecule has 1 fully saturated rings. The quantitative estimate of drug-likeness (QED) is 0.858. The number of aliphatic hydroxyl groups is 1. The van der Waals surface area contributed by atoms with Crippen molar-refractivity contribution in [2.75, 3.05) is 39.3 Å². The molecule has 0 aromatic heterocycles. The smallest absolute Gasteiger partial charge is 0.253 e. The second-order valence-electron chi connectivity index (χ2n) is 5.04. The number of aliphatic hydroxyl groups excluding tert-OH is 1. The summed E-state index contributed by atoms with van der Waals surface area (Å²) in [6.07, 6.45) is 0.950. The Kier molecular flexibility index (Phi) is 5.83. The number of nitrogens with zero attached hydrogens (tertiary/aromatic N) is 2. The molecule has 1 aromatic carbocycles. The van der Waals surface area contributed by atoms with Crippen LogP contribution in [0.25, 0.3) is 0 Å². The van der Waals surface area contributed by atoms with Crippen LogP contribution >= 0.6 is 11.6 Å². The number of carbonyl (C=O) groups is 1. The lowest BCUT2D eigenvalue weighted by Crippen LogP contribution is -2.35. The number of hydrogen-bond donors (Lipinski definition) is 1. The normalized spacial score (nSPS) is 17.0. The Labute approximate surface area is 124 Å². The lowest BCUT2D eigenvalue weighted by molar-refractivity contribution is 0.0760. The first-order chi connectivity index (χ1) is 9.74. The van der Waals surface area contributed by atoms with Gasteiger partial charge in [-0.2, -0.15) is 0 Å². The summed E-state index contributed by atoms with van der Waals surface area (Å²) in [6.45, 7) is 4.12. The molecule has 1 heterocycles. The number of benzene rings is 1. The van der Waals surface area contributed by atoms with Gasteiger partial charge in [0.2, 0.25) is 0 Å². The maximum atomic E-state index is 12.4. The van der Waals surface area contributed by atoms with E-state index in [4.69, 9.17) is 16.7 Å². The van der Waals surface area contributed by atoms with Gasteiger partial charge in [-0.15, -0.1) is 11.6 Å². The van der Waals surface area contributed by atoms with Gasteiger partial charge in [-0.3, -0.25) is 9.69 Å². The summed E-state index contributed by atoms with van der Waals surface area (Å²) in [5.74, 6) is 0.547. The fourth-order valence-corrected chi connectivity index (χ4v) is 2.64. The summed E-state index contributed by atoms with van der Waals surface area (Å²) in [5.41, 5.74) is 1.74. The van der Waals surface area contributed by atoms with E-state index >= 15 is 0 Å². The van der Waals surface area contributed by atoms with Crippen LogP contribution in [0, 0.1) is 0 Å². The molecule has 5 heteroatoms. The van der Waals surface area contributed by atoms with Crippen molar-refractivity contribution >= 4 is 17.5 Å². The molecule has 1 N–H and O–H groups in total. The van der Waals surface area contributed by atoms with Gasteiger partial charge >= 0.3 is 0 Å². The predicted octanol–water partition coefficient (Wildman–Crippen LogP) is 1.57. The standard InChI is InChI=1S/C15H21ClN2O2/c16-12-13-2-4-14(5-3-13)15(20)18-7-1-6-17(8-9-18)10-11-19/h2-5,19H,1,6-12H2. The minimum Gasteiger partial charge on any atom is -0.395 e. The van der Waals surface area contributed by atoms with E-state index in [0.29, 0.717) is 12.4 Å². The second-order valence-corrected chi connectivity index (χ2v) is 5.31. The molecule has 110 valence electrons. The zero-order valence-corrected chi connectivity index (χ0v) is 12.4. The molecule has 0 spiro atoms. The third-order valence-electron chi connectivity index (χ3n) is 3.65. The predicted molar refractivity (Wildman–Crippen MR) is 80.0 cm³/mol. The van der Waals surface area contributed by atoms with Gasteiger partial charge in [-0.25, -0.2) is 0 Å². The Morgan fingerprint density at radius 2 is 1.90 bits per heavy atom. The van der Waals surface area contributed by atoms with Crippen molar-refractivity contribution < 1.29 is 9.90 Å². The SMILES string of the molecule is O=C(c1ccc(CCl)cc1)N1CCCN(CCO)CC1. The third-order valence-corrected chi connectivity index (χ3v) is 3.96. The topological polar surface area (TPSA) is 43.8 Å². The molecule has 1 amide bonds. The van der Waals surface area contributed by atoms with Gasteiger partial charge in [0, 0.05) is 37.6 Å². The van der Waals surface area contributed by atoms with Crippen LogP contribution in [0.4, 0.5) is 0 Å². The van der Waals surface area contributed by atoms with Gasteiger partial charge in [-0.05, 0) is 30.7 Å². The van der Waals surface area contributed by atoms with Crippen molar-refractivity contribution in [3.8, 4) is 0 Å². The Hall–Kier alpha value is -1.10. The van der Waals surface area contributed by atoms with Gasteiger partial charge in [0.25, 0.3) is 5.91 Å². The summed E-state index contributed by atoms with van der Waals surface area (Å²) in [6, 6.07) is 7.49. The van der Waals surface area contributed by atoms with E-state index in [0.717, 1.165) is 43.7 Å². The van der Waals surface area contributed by atoms with Crippen LogP contribution in [0.15, 0.2) is 24.3 Å². The maximum absolute atomic E-state index is 12.4. The first kappa shape index (κ1) is 15.3. The number of rotatable bonds is 4. The molecule has 0 radical (unpaired) electrons. The highest BCUT2D eigenvalue weighted by molar-refractivity contribution is 6.17. The van der Waals surface area contributed by atoms with Gasteiger partial charge in [0.15, 0.2) is 0 Å². The zero-order chi connectivity index (χ0) is 14.4. The van der Waals surface area contributed by atoms with Gasteiger partial charge in [0.05, 0.1) is 6.61 Å². The van der Waals surface area contributed by atoms with Crippen LogP contribution in [-0.2, 0) is 5.88 Å². The maximum Gasteiger partial charge on any atom is 0.253 e. The highest BCUT2D eigenvalue weighted by Gasteiger charge is 2.19. The number of amides is 1. The fourth-order valence-electron chi connectivity index (χ4n) is 2.46. The molecule has 0 unspecified atom stereocenters. The Morgan fingerprint density at radius 1 is 1.15 bits per heavy atom. The fraction of sp³-hybridized carbons (Fsp3) is 0.533. The van der Waals surface area contributed by atoms with E-state index < -0.39 is 0 Å². The van der Waals surface area contributed by atoms with Gasteiger partial charge in [-0.1, -0.05) is 12.1 Å². The number of carbonyl (C=O) groups excluding carboxylic acids is 1. The molecule has 0 bridgehead atoms. The van der Waals surface area contributed by atoms with Crippen molar-refractivity contribution in [1.82, 2.24) is 9.80 Å². The number of halogens is 1. The van der Waals surface area contributed by atoms with E-state index in [1.165, 1.54) is 0 Å². The van der Waals surface area contributed by atoms with Crippen molar-refractivity contribution in [3.63, 3.8) is 0 Å². The molecule has 1 saturated heterocycles. The highest BCUT2D eigenvalue weighted by atomic mass is 35.5. The van der Waals surface area contributed by atoms with E-state index in [-0.39, 0.29) is 12.5 Å². The van der Waals surface area contributed by atoms with Crippen LogP contribution in [-0.4, -0.2) is 60.1 Å². The van der Waals surface area contributed by atoms with Gasteiger partial charge in [0.1, 0.15) is 0 Å². The monoisotopic (exact) mass is 296 g/mol. The molecule has 0 aliphatic carbocycles. The Morgan fingerprint density at radius 3 is 2.55 bits per heavy atom. The molecule has 1 aliphatic rings. The van der Waals surface area contributed by atoms with Crippen LogP contribution in [0.2, 0.25) is 0 Å². The molecular formula is C15H21ClN2O2. The van der Waals surface area contributed by atoms with Crippen molar-refractivity contribution in [2.45, 2.75) is 12.3 Å². The molecule has 0 atom stereocenters. The summed E-state index contributed by atoms with van der Waals surface area (Å²) in [5, 5.41) is 8.98. The first-order valence-corrected chi connectivity index (χ1v) is 7.55. The number of alkyl halides is 1. The summed E-state index contributed by atoms with van der Waals surface area (Å²) < 4.78 is 0. The molecule has 20 heavy (non-hydrogen) atoms. The minimum atomic E-state index is 0.0805. The van der Waals surface area contributed by atoms with Crippen molar-refractivity contribution in [2.24, 2.45) is 0 Å². The number of β-amino-alcohol motifs (C(OH)–C–C–N with tert-alkyl or cyclic N) is 1. The second kappa shape index (κ2) is 7.62. The van der Waals surface area contributed by atoms with Gasteiger partial charge < -0.3 is 10.0 Å². The van der Waals surface area contributed by atoms with Crippen LogP contribution in [0.1, 0.15) is 22.3 Å². The van der Waals surface area contributed by atoms with E-state index in [9.17, 15) is 4.79 Å². The largest absolute Gasteiger partial charge is 0.395 e. The van der Waals surface area contributed by atoms with Crippen molar-refractivity contribution in [1.29, 1.82) is 0 Å². The molecule has 4 nitrogen and oxygen atoms in total. The molecule has 0 saturated carbocycles. The van der Waals surface area contributed by atoms with Crippen LogP contribution in [0.5, 0.6) is 0 Å². The average Bonchev–Trinajstić information content (AvgIpc) is 2.73. The van der Waals surface area contributed by atoms with Crippen LogP contribution in [0.3, 0.4) is 0 Å². The number of hydrogen-bond acceptors (Lipinski definition) is 3. The van der Waals surface area contributed by atoms with E-state index in [1.807, 2.05) is 29.2 Å². The first-order valence-electron chi connectivity index (χ1n) is 7.02. The lowest BCUT2D eigenvalue weighted by atomic mass is 10.1. The zero-order valence-electron chi connectivity index (χ0n) is 11.6. The summed E-state index contributed by atoms with van der Waals surface area (Å²) in [4.78, 5) is 16.5. The highest BCUT2D eigenvalue weighted by Crippen LogP contribution is 2.11. The Bertz CT molecular complexity index is 436. The molecule has 2 rings (SSSR count). The Balaban J connectivity index is 1.97. The van der Waals surface area contributed by atoms with Crippen LogP contribution < -0.4 is 0 Å². The van der Waals surface area contributed by atoms with E-state index in [2.05, 4.69) is 4.90 Å². The molecule has 1 aromatic rings. The molecule has 1 aliphatic heterocycles. The van der Waals surface area contributed by atoms with E-state index in [1.54, 1.807) is 0 Å². The molecular weight excluding hydrogens is 276 g/mol.